The van der Waals surface area contributed by atoms with Gasteiger partial charge in [-0.3, -0.25) is 82.1 Å². The van der Waals surface area contributed by atoms with E-state index in [0.717, 1.165) is 60.2 Å². The van der Waals surface area contributed by atoms with Gasteiger partial charge in [-0.1, -0.05) is 139 Å². The van der Waals surface area contributed by atoms with Crippen molar-refractivity contribution >= 4 is 111 Å². The molecule has 754 valence electrons. The average molecular weight is 1920 g/mol. The van der Waals surface area contributed by atoms with Gasteiger partial charge in [0.05, 0.1) is 57.1 Å². The van der Waals surface area contributed by atoms with Crippen LogP contribution >= 0.6 is 0 Å². The fraction of sp³-hybridized carbons (Fsp3) is 0.615. The Bertz CT molecular complexity index is 4660. The van der Waals surface area contributed by atoms with Gasteiger partial charge >= 0.3 is 0 Å². The number of aromatic nitrogens is 7. The molecule has 46 nitrogen and oxygen atoms in total. The van der Waals surface area contributed by atoms with Crippen LogP contribution in [0.1, 0.15) is 210 Å². The number of amides is 15. The van der Waals surface area contributed by atoms with Crippen LogP contribution in [0.25, 0.3) is 10.9 Å². The molecule has 0 spiro atoms. The van der Waals surface area contributed by atoms with Crippen LogP contribution in [-0.4, -0.2) is 296 Å². The van der Waals surface area contributed by atoms with E-state index in [4.69, 9.17) is 32.1 Å². The number of primary amides is 1. The molecule has 0 radical (unpaired) electrons. The van der Waals surface area contributed by atoms with E-state index in [1.165, 1.54) is 70.8 Å². The summed E-state index contributed by atoms with van der Waals surface area (Å²) in [7, 11) is 0. The first-order valence-electron chi connectivity index (χ1n) is 47.5. The summed E-state index contributed by atoms with van der Waals surface area (Å²) in [6.07, 6.45) is 17.4. The predicted molar refractivity (Wildman–Crippen MR) is 500 cm³/mol. The number of aromatic amines is 3. The molecule has 2 aromatic carbocycles. The van der Waals surface area contributed by atoms with Crippen molar-refractivity contribution in [1.82, 2.24) is 115 Å². The van der Waals surface area contributed by atoms with E-state index < -0.39 is 232 Å². The number of rotatable bonds is 56. The number of unbranched alkanes of at least 4 members (excludes halogenated alkanes) is 13. The van der Waals surface area contributed by atoms with E-state index in [9.17, 15) is 72.5 Å². The van der Waals surface area contributed by atoms with Crippen molar-refractivity contribution in [2.75, 3.05) is 72.3 Å². The van der Waals surface area contributed by atoms with Crippen LogP contribution < -0.4 is 91.6 Å². The van der Waals surface area contributed by atoms with Crippen LogP contribution in [-0.2, 0) is 112 Å². The van der Waals surface area contributed by atoms with Gasteiger partial charge in [0.1, 0.15) is 72.8 Å². The van der Waals surface area contributed by atoms with Crippen molar-refractivity contribution in [2.24, 2.45) is 17.2 Å². The van der Waals surface area contributed by atoms with Crippen LogP contribution in [0, 0.1) is 5.41 Å². The number of aliphatic hydroxyl groups is 2. The lowest BCUT2D eigenvalue weighted by molar-refractivity contribution is -0.143. The number of nitrogens with one attached hydrogen (secondary N) is 18. The molecule has 46 heteroatoms. The molecule has 2 aliphatic heterocycles. The molecule has 12 atom stereocenters. The minimum Gasteiger partial charge on any atom is -0.394 e. The number of nitrogens with two attached hydrogens (primary N) is 3. The van der Waals surface area contributed by atoms with Gasteiger partial charge in [-0.15, -0.1) is 5.10 Å². The highest BCUT2D eigenvalue weighted by molar-refractivity contribution is 6.01. The van der Waals surface area contributed by atoms with E-state index in [-0.39, 0.29) is 115 Å². The zero-order chi connectivity index (χ0) is 99.2. The number of aryl methyl sites for hydroxylation is 1. The summed E-state index contributed by atoms with van der Waals surface area (Å²) < 4.78 is 10.8. The van der Waals surface area contributed by atoms with Gasteiger partial charge in [-0.05, 0) is 98.8 Å². The number of benzene rings is 2. The number of guanidine groups is 1. The Labute approximate surface area is 795 Å². The first-order valence-corrected chi connectivity index (χ1v) is 47.5. The Morgan fingerprint density at radius 3 is 1.91 bits per heavy atom. The van der Waals surface area contributed by atoms with Crippen molar-refractivity contribution in [1.29, 1.82) is 5.41 Å². The van der Waals surface area contributed by atoms with Gasteiger partial charge in [-0.2, -0.15) is 0 Å². The standard InChI is InChI=1S/C91H140N26O20/c1-3-4-29-65(81(126)108-68-36-38-78(123)97-39-24-23-30-63(57(2)119)104-85(130)70(46-59-50-100-64-31-22-21-28-62(59)64)109-82(127)66(32-25-40-99-91(94)95)105-84(129)69(45-58-26-17-16-18-27-58)111-89(134)74-48-61(120)53-117(74)90(68)135)106-87(132)72(49-92)112-86(131)71(47-60-51-96-56-102-60)110-83(128)67(35-37-75(93)121)107-88(133)73(54-118)103-79(124)52-101-80(125)55-137-44-43-136-42-41-98-77(122)34-20-15-13-11-9-7-5-6-8-10-12-14-19-33-76-113-115-116-114-76/h16-18,21-22,26-28,31,50-51,56,61,63,65-74,100,118,120H,3-15,19-20,23-25,29-30,32-49,52-55,92H2,1-2H3,(H2,93,121)(H,96,102)(H,97,123)(H,98,122)(H,101,125)(H,103,124)(H,104,130)(H,105,129)(H,106,132)(H,107,133)(H,108,126)(H,109,127)(H,110,128)(H,111,134)(H,112,131)(H4,94,95,99)(H,113,114,115,116)/t61-,63+,65+,66+,67+,68+,69-,70+,71+,72-,73+,74+/m1/s1. The molecular formula is C91H140N26O20. The molecule has 2 saturated heterocycles. The molecule has 5 aromatic rings. The molecule has 0 bridgehead atoms. The molecule has 7 rings (SSSR count). The smallest absolute Gasteiger partial charge is 0.246 e. The highest BCUT2D eigenvalue weighted by Crippen LogP contribution is 2.24. The maximum absolute atomic E-state index is 15.3. The maximum atomic E-state index is 15.3. The summed E-state index contributed by atoms with van der Waals surface area (Å²) in [6, 6.07) is -1.29. The quantitative estimate of drug-likeness (QED) is 0.0109. The normalized spacial score (nSPS) is 18.7. The molecule has 26 N–H and O–H groups in total. The number of tetrazole rings is 1. The Hall–Kier alpha value is -13.0. The molecule has 0 saturated carbocycles. The molecule has 137 heavy (non-hydrogen) atoms. The van der Waals surface area contributed by atoms with Crippen LogP contribution in [0.2, 0.25) is 0 Å². The summed E-state index contributed by atoms with van der Waals surface area (Å²) in [6.45, 7) is 0.342. The molecule has 0 aliphatic carbocycles. The number of hydrogen-bond acceptors (Lipinski definition) is 26. The number of fused-ring (bicyclic) bond motifs is 2. The summed E-state index contributed by atoms with van der Waals surface area (Å²) in [5.41, 5.74) is 19.3. The number of nitrogens with zero attached hydrogens (tertiary/aromatic N) is 5. The zero-order valence-corrected chi connectivity index (χ0v) is 78.3. The van der Waals surface area contributed by atoms with Crippen LogP contribution in [0.5, 0.6) is 0 Å². The van der Waals surface area contributed by atoms with Gasteiger partial charge in [0, 0.05) is 107 Å². The number of H-pyrrole nitrogens is 3. The number of carbonyl (C=O) groups excluding carboxylic acids is 16. The molecule has 2 fully saturated rings. The number of hydrogen-bond donors (Lipinski definition) is 23. The van der Waals surface area contributed by atoms with E-state index >= 15 is 14.4 Å². The Kier molecular flexibility index (Phi) is 50.2. The van der Waals surface area contributed by atoms with Crippen LogP contribution in [0.15, 0.2) is 73.3 Å². The lowest BCUT2D eigenvalue weighted by atomic mass is 10.0. The monoisotopic (exact) mass is 1920 g/mol. The zero-order valence-electron chi connectivity index (χ0n) is 78.3. The molecule has 2 aliphatic rings. The third-order valence-corrected chi connectivity index (χ3v) is 23.4. The largest absolute Gasteiger partial charge is 0.394 e. The van der Waals surface area contributed by atoms with E-state index in [1.54, 1.807) is 49.5 Å². The number of Topliss-reactive ketones (excluding diaryl/α,β-unsaturated/α-hetero) is 1. The summed E-state index contributed by atoms with van der Waals surface area (Å²) >= 11 is 0. The number of para-hydroxylation sites is 1. The van der Waals surface area contributed by atoms with Crippen molar-refractivity contribution in [3.63, 3.8) is 0 Å². The molecule has 3 aromatic heterocycles. The highest BCUT2D eigenvalue weighted by Gasteiger charge is 2.44. The maximum Gasteiger partial charge on any atom is 0.246 e. The van der Waals surface area contributed by atoms with Gasteiger partial charge < -0.3 is 126 Å². The Balaban J connectivity index is 0.949. The molecular weight excluding hydrogens is 1780 g/mol. The van der Waals surface area contributed by atoms with Crippen LogP contribution in [0.4, 0.5) is 0 Å². The Morgan fingerprint density at radius 1 is 0.613 bits per heavy atom. The van der Waals surface area contributed by atoms with E-state index in [0.29, 0.717) is 24.0 Å². The summed E-state index contributed by atoms with van der Waals surface area (Å²) in [4.78, 5) is 236. The molecule has 0 unspecified atom stereocenters. The van der Waals surface area contributed by atoms with Crippen molar-refractivity contribution in [3.8, 4) is 0 Å². The third-order valence-electron chi connectivity index (χ3n) is 23.4. The number of ketones is 1. The first-order chi connectivity index (χ1) is 66.0. The van der Waals surface area contributed by atoms with Gasteiger partial charge in [-0.25, -0.2) is 10.1 Å². The number of carbonyl (C=O) groups is 16. The SMILES string of the molecule is CCCC[C@H](NC(=O)[C@@H](CN)NC(=O)[C@H](Cc1c[nH]cn1)NC(=O)[C@H](CCC(N)=O)NC(=O)[C@H](CO)NC(=O)CNC(=O)COCCOCCNC(=O)CCCCCCCCCCCCCCCc1nnn[nH]1)C(=O)N[C@H]1CCC(=O)NCCCC[C@@H](C(C)=O)NC(=O)[C@H](Cc2c[nH]c3ccccc23)NC(=O)[C@H](CCCNC(=N)N)NC(=O)[C@@H](Cc2ccccc2)NC(=O)[C@@H]2C[C@@H](O)CN2C1=O. The van der Waals surface area contributed by atoms with Gasteiger partial charge in [0.2, 0.25) is 88.6 Å². The van der Waals surface area contributed by atoms with Gasteiger partial charge in [0.25, 0.3) is 0 Å². The second-order valence-corrected chi connectivity index (χ2v) is 34.4. The fourth-order valence-electron chi connectivity index (χ4n) is 15.7. The third kappa shape index (κ3) is 41.7. The van der Waals surface area contributed by atoms with Crippen molar-refractivity contribution < 1.29 is 96.4 Å². The first kappa shape index (κ1) is 111. The Morgan fingerprint density at radius 2 is 1.24 bits per heavy atom. The molecule has 15 amide bonds. The minimum atomic E-state index is -1.76. The second-order valence-electron chi connectivity index (χ2n) is 34.4. The lowest BCUT2D eigenvalue weighted by Crippen LogP contribution is -2.62. The lowest BCUT2D eigenvalue weighted by Gasteiger charge is -2.31. The second kappa shape index (κ2) is 61.9. The minimum absolute atomic E-state index is 0.00996. The van der Waals surface area contributed by atoms with Crippen LogP contribution in [0.3, 0.4) is 0 Å². The summed E-state index contributed by atoms with van der Waals surface area (Å²) in [5.74, 6) is -13.1. The molecule has 5 heterocycles. The van der Waals surface area contributed by atoms with E-state index in [1.807, 2.05) is 18.2 Å². The summed E-state index contributed by atoms with van der Waals surface area (Å²) in [5, 5.41) is 80.6. The highest BCUT2D eigenvalue weighted by atomic mass is 16.5. The van der Waals surface area contributed by atoms with Crippen molar-refractivity contribution in [3.05, 3.63) is 96.0 Å². The van der Waals surface area contributed by atoms with Gasteiger partial charge in [0.15, 0.2) is 11.7 Å². The topological polar surface area (TPSA) is 705 Å². The number of aliphatic hydroxyl groups excluding tert-OH is 2. The average Bonchev–Trinajstić information content (AvgIpc) is 1.66. The predicted octanol–water partition coefficient (Wildman–Crippen LogP) is -2.45. The van der Waals surface area contributed by atoms with E-state index in [2.05, 4.69) is 110 Å². The number of imidazole rings is 1. The number of ether oxygens (including phenoxy) is 2. The van der Waals surface area contributed by atoms with Crippen molar-refractivity contribution in [2.45, 2.75) is 285 Å². The fourth-order valence-corrected chi connectivity index (χ4v) is 15.7.